The molecule has 0 unspecified atom stereocenters. The zero-order valence-corrected chi connectivity index (χ0v) is 10.1. The molecular formula is C13H12F2N2O. The van der Waals surface area contributed by atoms with E-state index in [9.17, 15) is 13.6 Å². The molecule has 0 spiro atoms. The summed E-state index contributed by atoms with van der Waals surface area (Å²) in [6, 6.07) is 3.17. The zero-order chi connectivity index (χ0) is 13.3. The van der Waals surface area contributed by atoms with Gasteiger partial charge in [0.25, 0.3) is 5.56 Å². The van der Waals surface area contributed by atoms with Gasteiger partial charge in [-0.05, 0) is 32.0 Å². The minimum absolute atomic E-state index is 0.0312. The minimum Gasteiger partial charge on any atom is -0.294 e. The Morgan fingerprint density at radius 3 is 2.72 bits per heavy atom. The SMILES string of the molecule is Cc1ncn(Cc2cc(F)ccc2F)c(=O)c1C. The average molecular weight is 250 g/mol. The Hall–Kier alpha value is -2.04. The Balaban J connectivity index is 2.44. The van der Waals surface area contributed by atoms with Gasteiger partial charge in [0.15, 0.2) is 0 Å². The zero-order valence-electron chi connectivity index (χ0n) is 10.1. The van der Waals surface area contributed by atoms with Gasteiger partial charge in [-0.15, -0.1) is 0 Å². The number of nitrogens with zero attached hydrogens (tertiary/aromatic N) is 2. The molecule has 2 rings (SSSR count). The van der Waals surface area contributed by atoms with Crippen LogP contribution in [0.25, 0.3) is 0 Å². The molecule has 1 heterocycles. The van der Waals surface area contributed by atoms with E-state index in [1.807, 2.05) is 0 Å². The van der Waals surface area contributed by atoms with Crippen molar-refractivity contribution in [3.63, 3.8) is 0 Å². The molecule has 1 aromatic heterocycles. The third kappa shape index (κ3) is 2.30. The van der Waals surface area contributed by atoms with E-state index in [0.717, 1.165) is 18.2 Å². The molecule has 0 N–H and O–H groups in total. The highest BCUT2D eigenvalue weighted by Crippen LogP contribution is 2.10. The summed E-state index contributed by atoms with van der Waals surface area (Å²) in [7, 11) is 0. The smallest absolute Gasteiger partial charge is 0.256 e. The van der Waals surface area contributed by atoms with Gasteiger partial charge >= 0.3 is 0 Å². The summed E-state index contributed by atoms with van der Waals surface area (Å²) in [5.41, 5.74) is 1.03. The molecule has 0 aliphatic heterocycles. The lowest BCUT2D eigenvalue weighted by Crippen LogP contribution is -2.24. The lowest BCUT2D eigenvalue weighted by atomic mass is 10.2. The second-order valence-corrected chi connectivity index (χ2v) is 4.12. The van der Waals surface area contributed by atoms with Crippen molar-refractivity contribution in [2.24, 2.45) is 0 Å². The van der Waals surface area contributed by atoms with Crippen molar-refractivity contribution in [1.29, 1.82) is 0 Å². The number of aromatic nitrogens is 2. The molecule has 0 radical (unpaired) electrons. The standard InChI is InChI=1S/C13H12F2N2O/c1-8-9(2)16-7-17(13(8)18)6-10-5-11(14)3-4-12(10)15/h3-5,7H,6H2,1-2H3. The number of hydrogen-bond donors (Lipinski definition) is 0. The molecule has 0 bridgehead atoms. The van der Waals surface area contributed by atoms with Crippen LogP contribution >= 0.6 is 0 Å². The normalized spacial score (nSPS) is 10.7. The molecule has 18 heavy (non-hydrogen) atoms. The van der Waals surface area contributed by atoms with Crippen molar-refractivity contribution in [3.8, 4) is 0 Å². The van der Waals surface area contributed by atoms with Crippen molar-refractivity contribution in [2.75, 3.05) is 0 Å². The third-order valence-corrected chi connectivity index (χ3v) is 2.86. The highest BCUT2D eigenvalue weighted by Gasteiger charge is 2.08. The number of benzene rings is 1. The van der Waals surface area contributed by atoms with Gasteiger partial charge in [-0.2, -0.15) is 0 Å². The van der Waals surface area contributed by atoms with Crippen molar-refractivity contribution < 1.29 is 8.78 Å². The molecule has 2 aromatic rings. The van der Waals surface area contributed by atoms with Gasteiger partial charge in [0.05, 0.1) is 12.9 Å². The van der Waals surface area contributed by atoms with Gasteiger partial charge in [0.2, 0.25) is 0 Å². The topological polar surface area (TPSA) is 34.9 Å². The first-order valence-corrected chi connectivity index (χ1v) is 5.45. The summed E-state index contributed by atoms with van der Waals surface area (Å²) in [6.07, 6.45) is 1.34. The molecule has 3 nitrogen and oxygen atoms in total. The highest BCUT2D eigenvalue weighted by molar-refractivity contribution is 5.20. The van der Waals surface area contributed by atoms with Crippen molar-refractivity contribution in [1.82, 2.24) is 9.55 Å². The number of aryl methyl sites for hydroxylation is 1. The molecule has 1 aromatic carbocycles. The maximum Gasteiger partial charge on any atom is 0.256 e. The van der Waals surface area contributed by atoms with Crippen molar-refractivity contribution in [2.45, 2.75) is 20.4 Å². The van der Waals surface area contributed by atoms with Gasteiger partial charge in [-0.1, -0.05) is 0 Å². The molecule has 94 valence electrons. The lowest BCUT2D eigenvalue weighted by Gasteiger charge is -2.08. The predicted octanol–water partition coefficient (Wildman–Crippen LogP) is 2.19. The first kappa shape index (κ1) is 12.4. The van der Waals surface area contributed by atoms with E-state index >= 15 is 0 Å². The van der Waals surface area contributed by atoms with Crippen LogP contribution in [0.15, 0.2) is 29.3 Å². The number of rotatable bonds is 2. The Morgan fingerprint density at radius 2 is 2.00 bits per heavy atom. The van der Waals surface area contributed by atoms with Crippen LogP contribution in [0, 0.1) is 25.5 Å². The van der Waals surface area contributed by atoms with E-state index in [1.165, 1.54) is 10.9 Å². The molecule has 0 aliphatic carbocycles. The first-order valence-electron chi connectivity index (χ1n) is 5.45. The quantitative estimate of drug-likeness (QED) is 0.818. The van der Waals surface area contributed by atoms with Gasteiger partial charge in [-0.3, -0.25) is 9.36 Å². The molecule has 0 fully saturated rings. The van der Waals surface area contributed by atoms with Crippen LogP contribution in [-0.4, -0.2) is 9.55 Å². The van der Waals surface area contributed by atoms with Crippen molar-refractivity contribution >= 4 is 0 Å². The van der Waals surface area contributed by atoms with Crippen LogP contribution < -0.4 is 5.56 Å². The van der Waals surface area contributed by atoms with Crippen LogP contribution in [0.3, 0.4) is 0 Å². The fraction of sp³-hybridized carbons (Fsp3) is 0.231. The van der Waals surface area contributed by atoms with Crippen LogP contribution in [0.1, 0.15) is 16.8 Å². The van der Waals surface area contributed by atoms with Crippen LogP contribution in [0.2, 0.25) is 0 Å². The molecular weight excluding hydrogens is 238 g/mol. The minimum atomic E-state index is -0.540. The Morgan fingerprint density at radius 1 is 1.28 bits per heavy atom. The summed E-state index contributed by atoms with van der Waals surface area (Å²) < 4.78 is 27.8. The number of hydrogen-bond acceptors (Lipinski definition) is 2. The average Bonchev–Trinajstić information content (AvgIpc) is 2.34. The summed E-state index contributed by atoms with van der Waals surface area (Å²) in [6.45, 7) is 3.35. The maximum atomic E-state index is 13.5. The van der Waals surface area contributed by atoms with Crippen LogP contribution in [-0.2, 0) is 6.54 Å². The molecule has 5 heteroatoms. The van der Waals surface area contributed by atoms with Gasteiger partial charge < -0.3 is 0 Å². The van der Waals surface area contributed by atoms with E-state index in [-0.39, 0.29) is 17.7 Å². The second kappa shape index (κ2) is 4.68. The van der Waals surface area contributed by atoms with Gasteiger partial charge in [0.1, 0.15) is 11.6 Å². The molecule has 0 aliphatic rings. The van der Waals surface area contributed by atoms with Crippen LogP contribution in [0.5, 0.6) is 0 Å². The van der Waals surface area contributed by atoms with E-state index in [2.05, 4.69) is 4.98 Å². The monoisotopic (exact) mass is 250 g/mol. The highest BCUT2D eigenvalue weighted by atomic mass is 19.1. The van der Waals surface area contributed by atoms with Gasteiger partial charge in [0, 0.05) is 16.8 Å². The molecule has 0 saturated carbocycles. The Kier molecular flexibility index (Phi) is 3.23. The molecule has 0 saturated heterocycles. The Labute approximate surface area is 103 Å². The number of halogens is 2. The van der Waals surface area contributed by atoms with Gasteiger partial charge in [-0.25, -0.2) is 13.8 Å². The fourth-order valence-electron chi connectivity index (χ4n) is 1.64. The fourth-order valence-corrected chi connectivity index (χ4v) is 1.64. The summed E-state index contributed by atoms with van der Waals surface area (Å²) in [5, 5.41) is 0. The third-order valence-electron chi connectivity index (χ3n) is 2.86. The van der Waals surface area contributed by atoms with E-state index in [1.54, 1.807) is 13.8 Å². The molecule has 0 atom stereocenters. The van der Waals surface area contributed by atoms with E-state index < -0.39 is 11.6 Å². The van der Waals surface area contributed by atoms with Crippen LogP contribution in [0.4, 0.5) is 8.78 Å². The second-order valence-electron chi connectivity index (χ2n) is 4.12. The molecule has 0 amide bonds. The predicted molar refractivity (Wildman–Crippen MR) is 63.4 cm³/mol. The summed E-state index contributed by atoms with van der Waals surface area (Å²) >= 11 is 0. The van der Waals surface area contributed by atoms with Crippen molar-refractivity contribution in [3.05, 3.63) is 63.3 Å². The maximum absolute atomic E-state index is 13.5. The first-order chi connectivity index (χ1) is 8.49. The van der Waals surface area contributed by atoms with E-state index in [4.69, 9.17) is 0 Å². The lowest BCUT2D eigenvalue weighted by molar-refractivity contribution is 0.572. The van der Waals surface area contributed by atoms with E-state index in [0.29, 0.717) is 11.3 Å². The Bertz CT molecular complexity index is 650. The summed E-state index contributed by atoms with van der Waals surface area (Å²) in [5.74, 6) is -1.07. The summed E-state index contributed by atoms with van der Waals surface area (Å²) in [4.78, 5) is 15.9. The largest absolute Gasteiger partial charge is 0.294 e.